The molecule has 0 aliphatic carbocycles. The SMILES string of the molecule is O=C1C=C[C@H]2NN=N[C@H]2N1[C@H]1O[C@@H](CO)[C@@H](O)[C@H]1O. The number of carbonyl (C=O) groups excluding carboxylic acids is 1. The molecule has 1 amide bonds. The molecule has 0 unspecified atom stereocenters. The highest BCUT2D eigenvalue weighted by Crippen LogP contribution is 2.30. The van der Waals surface area contributed by atoms with Gasteiger partial charge < -0.3 is 20.1 Å². The molecule has 0 aromatic carbocycles. The third kappa shape index (κ3) is 1.82. The van der Waals surface area contributed by atoms with E-state index in [0.717, 1.165) is 0 Å². The molecule has 4 N–H and O–H groups in total. The second kappa shape index (κ2) is 4.53. The van der Waals surface area contributed by atoms with E-state index in [1.807, 2.05) is 0 Å². The molecule has 9 heteroatoms. The van der Waals surface area contributed by atoms with Crippen LogP contribution in [0.25, 0.3) is 0 Å². The second-order valence-electron chi connectivity index (χ2n) is 4.62. The number of amides is 1. The van der Waals surface area contributed by atoms with Crippen molar-refractivity contribution in [2.45, 2.75) is 36.7 Å². The van der Waals surface area contributed by atoms with Gasteiger partial charge >= 0.3 is 0 Å². The number of aliphatic hydroxyl groups is 3. The van der Waals surface area contributed by atoms with Crippen molar-refractivity contribution in [2.24, 2.45) is 10.3 Å². The molecule has 9 nitrogen and oxygen atoms in total. The lowest BCUT2D eigenvalue weighted by atomic mass is 10.1. The molecule has 0 radical (unpaired) electrons. The maximum Gasteiger partial charge on any atom is 0.250 e. The normalized spacial score (nSPS) is 44.6. The van der Waals surface area contributed by atoms with Crippen molar-refractivity contribution < 1.29 is 24.9 Å². The van der Waals surface area contributed by atoms with Crippen LogP contribution >= 0.6 is 0 Å². The number of hydrogen-bond donors (Lipinski definition) is 4. The lowest BCUT2D eigenvalue weighted by Crippen LogP contribution is -2.56. The van der Waals surface area contributed by atoms with Crippen LogP contribution < -0.4 is 5.43 Å². The van der Waals surface area contributed by atoms with Crippen LogP contribution in [0.1, 0.15) is 0 Å². The predicted octanol–water partition coefficient (Wildman–Crippen LogP) is -2.51. The number of hydrogen-bond acceptors (Lipinski definition) is 8. The summed E-state index contributed by atoms with van der Waals surface area (Å²) in [5, 5.41) is 36.3. The summed E-state index contributed by atoms with van der Waals surface area (Å²) in [7, 11) is 0. The highest BCUT2D eigenvalue weighted by molar-refractivity contribution is 5.89. The van der Waals surface area contributed by atoms with Crippen molar-refractivity contribution in [2.75, 3.05) is 6.61 Å². The molecule has 0 bridgehead atoms. The van der Waals surface area contributed by atoms with Crippen LogP contribution in [0.4, 0.5) is 0 Å². The summed E-state index contributed by atoms with van der Waals surface area (Å²) in [6.07, 6.45) is -2.20. The fourth-order valence-electron chi connectivity index (χ4n) is 2.46. The van der Waals surface area contributed by atoms with Gasteiger partial charge in [-0.25, -0.2) is 0 Å². The van der Waals surface area contributed by atoms with Crippen molar-refractivity contribution in [3.05, 3.63) is 12.2 Å². The minimum Gasteiger partial charge on any atom is -0.394 e. The average molecular weight is 270 g/mol. The van der Waals surface area contributed by atoms with E-state index in [1.165, 1.54) is 11.0 Å². The highest BCUT2D eigenvalue weighted by atomic mass is 16.6. The number of nitrogens with zero attached hydrogens (tertiary/aromatic N) is 3. The van der Waals surface area contributed by atoms with Crippen LogP contribution in [0, 0.1) is 0 Å². The molecule has 0 aromatic rings. The van der Waals surface area contributed by atoms with Gasteiger partial charge in [-0.3, -0.25) is 15.1 Å². The van der Waals surface area contributed by atoms with E-state index in [1.54, 1.807) is 6.08 Å². The Kier molecular flexibility index (Phi) is 2.97. The fraction of sp³-hybridized carbons (Fsp3) is 0.700. The van der Waals surface area contributed by atoms with Crippen LogP contribution in [-0.4, -0.2) is 69.5 Å². The Labute approximate surface area is 108 Å². The van der Waals surface area contributed by atoms with Crippen molar-refractivity contribution in [3.8, 4) is 0 Å². The zero-order valence-electron chi connectivity index (χ0n) is 9.83. The largest absolute Gasteiger partial charge is 0.394 e. The number of carbonyl (C=O) groups is 1. The Morgan fingerprint density at radius 1 is 1.42 bits per heavy atom. The van der Waals surface area contributed by atoms with Crippen LogP contribution in [0.5, 0.6) is 0 Å². The smallest absolute Gasteiger partial charge is 0.250 e. The minimum absolute atomic E-state index is 0.279. The summed E-state index contributed by atoms with van der Waals surface area (Å²) in [5.41, 5.74) is 2.71. The molecule has 1 saturated heterocycles. The Bertz CT molecular complexity index is 442. The Hall–Kier alpha value is -1.55. The summed E-state index contributed by atoms with van der Waals surface area (Å²) < 4.78 is 5.34. The number of rotatable bonds is 2. The fourth-order valence-corrected chi connectivity index (χ4v) is 2.46. The average Bonchev–Trinajstić information content (AvgIpc) is 2.97. The molecule has 0 saturated carbocycles. The van der Waals surface area contributed by atoms with Crippen molar-refractivity contribution in [3.63, 3.8) is 0 Å². The van der Waals surface area contributed by atoms with Gasteiger partial charge in [0.25, 0.3) is 0 Å². The van der Waals surface area contributed by atoms with Gasteiger partial charge in [-0.1, -0.05) is 11.3 Å². The molecule has 3 aliphatic rings. The van der Waals surface area contributed by atoms with Gasteiger partial charge in [0, 0.05) is 6.08 Å². The Morgan fingerprint density at radius 2 is 2.21 bits per heavy atom. The molecular formula is C10H14N4O5. The monoisotopic (exact) mass is 270 g/mol. The van der Waals surface area contributed by atoms with Gasteiger partial charge in [0.05, 0.1) is 6.61 Å². The van der Waals surface area contributed by atoms with Gasteiger partial charge in [-0.15, -0.1) is 5.11 Å². The molecule has 3 aliphatic heterocycles. The van der Waals surface area contributed by atoms with E-state index >= 15 is 0 Å². The first-order chi connectivity index (χ1) is 9.13. The zero-order valence-corrected chi connectivity index (χ0v) is 9.83. The Morgan fingerprint density at radius 3 is 2.89 bits per heavy atom. The van der Waals surface area contributed by atoms with Crippen molar-refractivity contribution in [1.82, 2.24) is 10.3 Å². The third-order valence-corrected chi connectivity index (χ3v) is 3.48. The molecule has 6 atom stereocenters. The van der Waals surface area contributed by atoms with Gasteiger partial charge in [-0.2, -0.15) is 0 Å². The van der Waals surface area contributed by atoms with Gasteiger partial charge in [0.15, 0.2) is 12.4 Å². The highest BCUT2D eigenvalue weighted by Gasteiger charge is 2.50. The predicted molar refractivity (Wildman–Crippen MR) is 59.3 cm³/mol. The number of fused-ring (bicyclic) bond motifs is 1. The van der Waals surface area contributed by atoms with Gasteiger partial charge in [0.1, 0.15) is 24.4 Å². The first kappa shape index (κ1) is 12.5. The Balaban J connectivity index is 1.87. The molecule has 3 heterocycles. The first-order valence-electron chi connectivity index (χ1n) is 5.92. The van der Waals surface area contributed by atoms with Crippen LogP contribution in [0.2, 0.25) is 0 Å². The van der Waals surface area contributed by atoms with Gasteiger partial charge in [-0.05, 0) is 0 Å². The molecule has 1 fully saturated rings. The summed E-state index contributed by atoms with van der Waals surface area (Å²) in [6, 6.07) is -0.279. The molecule has 104 valence electrons. The van der Waals surface area contributed by atoms with Crippen molar-refractivity contribution in [1.29, 1.82) is 0 Å². The third-order valence-electron chi connectivity index (χ3n) is 3.48. The van der Waals surface area contributed by atoms with E-state index in [2.05, 4.69) is 15.8 Å². The minimum atomic E-state index is -1.30. The summed E-state index contributed by atoms with van der Waals surface area (Å²) in [4.78, 5) is 13.2. The molecular weight excluding hydrogens is 256 g/mol. The molecule has 19 heavy (non-hydrogen) atoms. The lowest BCUT2D eigenvalue weighted by Gasteiger charge is -2.36. The first-order valence-corrected chi connectivity index (χ1v) is 5.92. The maximum atomic E-state index is 11.9. The number of aliphatic hydroxyl groups excluding tert-OH is 3. The van der Waals surface area contributed by atoms with Crippen LogP contribution in [0.15, 0.2) is 22.5 Å². The van der Waals surface area contributed by atoms with Crippen LogP contribution in [0.3, 0.4) is 0 Å². The lowest BCUT2D eigenvalue weighted by molar-refractivity contribution is -0.155. The number of ether oxygens (including phenoxy) is 1. The maximum absolute atomic E-state index is 11.9. The molecule has 0 spiro atoms. The molecule has 0 aromatic heterocycles. The van der Waals surface area contributed by atoms with E-state index < -0.39 is 43.2 Å². The van der Waals surface area contributed by atoms with Gasteiger partial charge in [0.2, 0.25) is 5.91 Å². The summed E-state index contributed by atoms with van der Waals surface area (Å²) >= 11 is 0. The number of nitrogens with one attached hydrogen (secondary N) is 1. The second-order valence-corrected chi connectivity index (χ2v) is 4.62. The van der Waals surface area contributed by atoms with E-state index in [9.17, 15) is 15.0 Å². The van der Waals surface area contributed by atoms with Crippen LogP contribution in [-0.2, 0) is 9.53 Å². The summed E-state index contributed by atoms with van der Waals surface area (Å²) in [6.45, 7) is -0.444. The molecule has 3 rings (SSSR count). The van der Waals surface area contributed by atoms with Crippen molar-refractivity contribution >= 4 is 5.91 Å². The quantitative estimate of drug-likeness (QED) is 0.439. The zero-order chi connectivity index (χ0) is 13.6. The van der Waals surface area contributed by atoms with E-state index in [4.69, 9.17) is 9.84 Å². The standard InChI is InChI=1S/C10H14N4O5/c15-3-5-7(17)8(18)10(19-5)14-6(16)2-1-4-9(14)12-13-11-4/h1-2,4-5,7-10,15,17-18H,3H2,(H,11,12)/t4-,5+,7-,8-,9+,10+/m1/s1. The van der Waals surface area contributed by atoms with E-state index in [-0.39, 0.29) is 6.04 Å². The summed E-state index contributed by atoms with van der Waals surface area (Å²) in [5.74, 6) is -0.390. The van der Waals surface area contributed by atoms with E-state index in [0.29, 0.717) is 0 Å². The topological polar surface area (TPSA) is 127 Å².